The zero-order chi connectivity index (χ0) is 14.9. The largest absolute Gasteiger partial charge is 0.383 e. The summed E-state index contributed by atoms with van der Waals surface area (Å²) in [7, 11) is 1.77. The topological polar surface area (TPSA) is 21.3 Å². The third kappa shape index (κ3) is 4.69. The van der Waals surface area contributed by atoms with Crippen molar-refractivity contribution >= 4 is 0 Å². The van der Waals surface area contributed by atoms with Crippen molar-refractivity contribution in [2.75, 3.05) is 13.7 Å². The summed E-state index contributed by atoms with van der Waals surface area (Å²) in [5.41, 5.74) is 2.59. The highest BCUT2D eigenvalue weighted by molar-refractivity contribution is 5.31. The molecule has 0 spiro atoms. The maximum absolute atomic E-state index is 5.37. The van der Waals surface area contributed by atoms with E-state index in [0.29, 0.717) is 6.04 Å². The molecule has 21 heavy (non-hydrogen) atoms. The van der Waals surface area contributed by atoms with Gasteiger partial charge in [0.1, 0.15) is 0 Å². The third-order valence-electron chi connectivity index (χ3n) is 3.67. The van der Waals surface area contributed by atoms with Crippen LogP contribution in [0.2, 0.25) is 0 Å². The van der Waals surface area contributed by atoms with E-state index in [1.807, 2.05) is 0 Å². The van der Waals surface area contributed by atoms with Crippen molar-refractivity contribution in [3.8, 4) is 0 Å². The Labute approximate surface area is 128 Å². The molecule has 0 bridgehead atoms. The van der Waals surface area contributed by atoms with Crippen molar-refractivity contribution in [2.45, 2.75) is 31.8 Å². The van der Waals surface area contributed by atoms with Gasteiger partial charge in [0, 0.05) is 13.2 Å². The number of methoxy groups -OCH3 is 1. The highest BCUT2D eigenvalue weighted by Gasteiger charge is 2.18. The predicted molar refractivity (Wildman–Crippen MR) is 88.4 cm³/mol. The Hall–Kier alpha value is -1.64. The lowest BCUT2D eigenvalue weighted by Gasteiger charge is -2.26. The number of benzene rings is 2. The van der Waals surface area contributed by atoms with Crippen molar-refractivity contribution in [3.63, 3.8) is 0 Å². The van der Waals surface area contributed by atoms with Gasteiger partial charge in [-0.05, 0) is 17.5 Å². The van der Waals surface area contributed by atoms with Gasteiger partial charge in [-0.15, -0.1) is 0 Å². The van der Waals surface area contributed by atoms with Gasteiger partial charge in [0.25, 0.3) is 0 Å². The maximum atomic E-state index is 5.37. The van der Waals surface area contributed by atoms with Crippen LogP contribution in [-0.4, -0.2) is 19.8 Å². The molecular formula is C19H25NO. The van der Waals surface area contributed by atoms with Crippen LogP contribution in [0.25, 0.3) is 0 Å². The fraction of sp³-hybridized carbons (Fsp3) is 0.368. The van der Waals surface area contributed by atoms with Crippen molar-refractivity contribution in [1.82, 2.24) is 5.32 Å². The van der Waals surface area contributed by atoms with Crippen molar-refractivity contribution in [1.29, 1.82) is 0 Å². The Kier molecular flexibility index (Phi) is 6.45. The van der Waals surface area contributed by atoms with Gasteiger partial charge in [-0.1, -0.05) is 74.0 Å². The third-order valence-corrected chi connectivity index (χ3v) is 3.67. The Balaban J connectivity index is 2.24. The molecule has 0 radical (unpaired) electrons. The van der Waals surface area contributed by atoms with Crippen LogP contribution in [0.4, 0.5) is 0 Å². The van der Waals surface area contributed by atoms with Gasteiger partial charge in [-0.25, -0.2) is 0 Å². The second-order valence-corrected chi connectivity index (χ2v) is 5.36. The van der Waals surface area contributed by atoms with Gasteiger partial charge in [0.2, 0.25) is 0 Å². The quantitative estimate of drug-likeness (QED) is 0.784. The first kappa shape index (κ1) is 15.7. The fourth-order valence-electron chi connectivity index (χ4n) is 2.68. The summed E-state index contributed by atoms with van der Waals surface area (Å²) in [4.78, 5) is 0. The molecule has 2 aromatic carbocycles. The summed E-state index contributed by atoms with van der Waals surface area (Å²) in [5, 5.41) is 3.76. The normalized spacial score (nSPS) is 12.5. The lowest BCUT2D eigenvalue weighted by Crippen LogP contribution is -2.36. The first-order valence-corrected chi connectivity index (χ1v) is 7.70. The molecule has 0 aliphatic carbocycles. The van der Waals surface area contributed by atoms with E-state index in [2.05, 4.69) is 72.9 Å². The second-order valence-electron chi connectivity index (χ2n) is 5.36. The van der Waals surface area contributed by atoms with Crippen molar-refractivity contribution in [2.24, 2.45) is 0 Å². The first-order chi connectivity index (χ1) is 10.3. The Morgan fingerprint density at radius 1 is 0.905 bits per heavy atom. The zero-order valence-electron chi connectivity index (χ0n) is 13.0. The molecule has 1 N–H and O–H groups in total. The summed E-state index contributed by atoms with van der Waals surface area (Å²) >= 11 is 0. The highest BCUT2D eigenvalue weighted by Crippen LogP contribution is 2.23. The smallest absolute Gasteiger partial charge is 0.0616 e. The van der Waals surface area contributed by atoms with Gasteiger partial charge in [0.15, 0.2) is 0 Å². The summed E-state index contributed by atoms with van der Waals surface area (Å²) in [5.74, 6) is 0. The molecule has 0 heterocycles. The first-order valence-electron chi connectivity index (χ1n) is 7.70. The van der Waals surface area contributed by atoms with E-state index in [1.54, 1.807) is 7.11 Å². The van der Waals surface area contributed by atoms with Crippen LogP contribution in [0.3, 0.4) is 0 Å². The number of ether oxygens (including phenoxy) is 1. The summed E-state index contributed by atoms with van der Waals surface area (Å²) in [6, 6.07) is 21.8. The molecule has 2 aromatic rings. The lowest BCUT2D eigenvalue weighted by molar-refractivity contribution is 0.158. The molecule has 0 amide bonds. The molecule has 0 aromatic heterocycles. The van der Waals surface area contributed by atoms with Crippen LogP contribution in [0.1, 0.15) is 36.9 Å². The minimum absolute atomic E-state index is 0.207. The van der Waals surface area contributed by atoms with Crippen LogP contribution >= 0.6 is 0 Å². The highest BCUT2D eigenvalue weighted by atomic mass is 16.5. The minimum Gasteiger partial charge on any atom is -0.383 e. The molecule has 0 aliphatic heterocycles. The second kappa shape index (κ2) is 8.60. The Morgan fingerprint density at radius 3 is 1.86 bits per heavy atom. The van der Waals surface area contributed by atoms with Crippen LogP contribution in [0.15, 0.2) is 60.7 Å². The molecule has 0 saturated heterocycles. The van der Waals surface area contributed by atoms with Crippen LogP contribution in [-0.2, 0) is 4.74 Å². The average molecular weight is 283 g/mol. The molecule has 112 valence electrons. The molecule has 0 fully saturated rings. The molecular weight excluding hydrogens is 258 g/mol. The van der Waals surface area contributed by atoms with Crippen LogP contribution in [0.5, 0.6) is 0 Å². The Bertz CT molecular complexity index is 452. The van der Waals surface area contributed by atoms with Gasteiger partial charge in [0.05, 0.1) is 12.6 Å². The number of nitrogens with one attached hydrogen (secondary N) is 1. The molecule has 2 heteroatoms. The molecule has 0 aliphatic rings. The number of hydrogen-bond donors (Lipinski definition) is 1. The monoisotopic (exact) mass is 283 g/mol. The SMILES string of the molecule is CCCC(COC)NC(c1ccccc1)c1ccccc1. The standard InChI is InChI=1S/C19H25NO/c1-3-10-18(15-21-2)20-19(16-11-6-4-7-12-16)17-13-8-5-9-14-17/h4-9,11-14,18-20H,3,10,15H2,1-2H3. The zero-order valence-corrected chi connectivity index (χ0v) is 13.0. The number of hydrogen-bond acceptors (Lipinski definition) is 2. The molecule has 1 atom stereocenters. The number of rotatable bonds is 8. The van der Waals surface area contributed by atoms with E-state index in [9.17, 15) is 0 Å². The van der Waals surface area contributed by atoms with E-state index in [4.69, 9.17) is 4.74 Å². The Morgan fingerprint density at radius 2 is 1.43 bits per heavy atom. The summed E-state index contributed by atoms with van der Waals surface area (Å²) < 4.78 is 5.37. The van der Waals surface area contributed by atoms with Gasteiger partial charge >= 0.3 is 0 Å². The molecule has 2 nitrogen and oxygen atoms in total. The average Bonchev–Trinajstić information content (AvgIpc) is 2.54. The minimum atomic E-state index is 0.207. The van der Waals surface area contributed by atoms with Crippen molar-refractivity contribution in [3.05, 3.63) is 71.8 Å². The van der Waals surface area contributed by atoms with E-state index in [1.165, 1.54) is 11.1 Å². The predicted octanol–water partition coefficient (Wildman–Crippen LogP) is 4.18. The van der Waals surface area contributed by atoms with Gasteiger partial charge < -0.3 is 10.1 Å². The van der Waals surface area contributed by atoms with Crippen LogP contribution < -0.4 is 5.32 Å². The molecule has 1 unspecified atom stereocenters. The molecule has 0 saturated carbocycles. The summed E-state index contributed by atoms with van der Waals surface area (Å²) in [6.45, 7) is 2.95. The van der Waals surface area contributed by atoms with Crippen molar-refractivity contribution < 1.29 is 4.74 Å². The van der Waals surface area contributed by atoms with Gasteiger partial charge in [-0.2, -0.15) is 0 Å². The lowest BCUT2D eigenvalue weighted by atomic mass is 9.97. The fourth-order valence-corrected chi connectivity index (χ4v) is 2.68. The van der Waals surface area contributed by atoms with E-state index >= 15 is 0 Å². The van der Waals surface area contributed by atoms with Crippen LogP contribution in [0, 0.1) is 0 Å². The van der Waals surface area contributed by atoms with Gasteiger partial charge in [-0.3, -0.25) is 0 Å². The van der Waals surface area contributed by atoms with E-state index in [0.717, 1.165) is 19.4 Å². The summed E-state index contributed by atoms with van der Waals surface area (Å²) in [6.07, 6.45) is 2.27. The van der Waals surface area contributed by atoms with E-state index in [-0.39, 0.29) is 6.04 Å². The molecule has 2 rings (SSSR count). The maximum Gasteiger partial charge on any atom is 0.0616 e. The van der Waals surface area contributed by atoms with E-state index < -0.39 is 0 Å².